The number of carbonyl (C=O) groups excluding carboxylic acids is 1. The summed E-state index contributed by atoms with van der Waals surface area (Å²) < 4.78 is 5.27. The predicted molar refractivity (Wildman–Crippen MR) is 66.3 cm³/mol. The van der Waals surface area contributed by atoms with E-state index in [0.29, 0.717) is 13.0 Å². The molecule has 16 heavy (non-hydrogen) atoms. The van der Waals surface area contributed by atoms with E-state index in [-0.39, 0.29) is 11.4 Å². The lowest BCUT2D eigenvalue weighted by atomic mass is 9.70. The second-order valence-corrected chi connectivity index (χ2v) is 5.17. The quantitative estimate of drug-likeness (QED) is 0.504. The molecule has 1 rings (SSSR count). The van der Waals surface area contributed by atoms with Crippen molar-refractivity contribution in [2.45, 2.75) is 71.6 Å². The number of carbonyl (C=O) groups is 1. The third-order valence-electron chi connectivity index (χ3n) is 3.94. The Morgan fingerprint density at radius 1 is 1.19 bits per heavy atom. The molecule has 0 N–H and O–H groups in total. The van der Waals surface area contributed by atoms with Crippen LogP contribution in [0.5, 0.6) is 0 Å². The molecule has 1 aliphatic carbocycles. The Morgan fingerprint density at radius 3 is 2.44 bits per heavy atom. The minimum absolute atomic E-state index is 0.0252. The van der Waals surface area contributed by atoms with Gasteiger partial charge in [0.05, 0.1) is 13.0 Å². The highest BCUT2D eigenvalue weighted by atomic mass is 16.5. The molecule has 1 fully saturated rings. The van der Waals surface area contributed by atoms with Crippen LogP contribution in [0.3, 0.4) is 0 Å². The van der Waals surface area contributed by atoms with Gasteiger partial charge in [0.1, 0.15) is 0 Å². The van der Waals surface area contributed by atoms with E-state index in [1.54, 1.807) is 0 Å². The van der Waals surface area contributed by atoms with E-state index < -0.39 is 0 Å². The fourth-order valence-corrected chi connectivity index (χ4v) is 2.64. The van der Waals surface area contributed by atoms with Crippen molar-refractivity contribution in [3.63, 3.8) is 0 Å². The summed E-state index contributed by atoms with van der Waals surface area (Å²) in [5.74, 6) is 0.0252. The Bertz CT molecular complexity index is 205. The van der Waals surface area contributed by atoms with E-state index in [4.69, 9.17) is 4.74 Å². The van der Waals surface area contributed by atoms with Crippen LogP contribution in [0.2, 0.25) is 0 Å². The maximum atomic E-state index is 11.7. The molecule has 0 saturated heterocycles. The zero-order chi connectivity index (χ0) is 11.9. The molecule has 0 aliphatic heterocycles. The first-order chi connectivity index (χ1) is 7.72. The summed E-state index contributed by atoms with van der Waals surface area (Å²) in [6.45, 7) is 4.93. The summed E-state index contributed by atoms with van der Waals surface area (Å²) >= 11 is 0. The van der Waals surface area contributed by atoms with Crippen LogP contribution < -0.4 is 0 Å². The van der Waals surface area contributed by atoms with Crippen LogP contribution >= 0.6 is 0 Å². The van der Waals surface area contributed by atoms with E-state index in [1.165, 1.54) is 32.1 Å². The minimum atomic E-state index is 0.0252. The lowest BCUT2D eigenvalue weighted by Crippen LogP contribution is -2.27. The first kappa shape index (κ1) is 13.5. The van der Waals surface area contributed by atoms with Crippen LogP contribution in [-0.4, -0.2) is 12.6 Å². The zero-order valence-electron chi connectivity index (χ0n) is 10.9. The standard InChI is InChI=1S/C14H26O2/c1-3-5-11-16-13(15)12-14(4-2)9-7-6-8-10-14/h3-12H2,1-2H3. The molecule has 0 radical (unpaired) electrons. The Labute approximate surface area is 99.8 Å². The first-order valence-corrected chi connectivity index (χ1v) is 6.88. The largest absolute Gasteiger partial charge is 0.466 e. The number of hydrogen-bond acceptors (Lipinski definition) is 2. The summed E-state index contributed by atoms with van der Waals surface area (Å²) in [5.41, 5.74) is 0.265. The zero-order valence-corrected chi connectivity index (χ0v) is 10.9. The highest BCUT2D eigenvalue weighted by Crippen LogP contribution is 2.42. The third-order valence-corrected chi connectivity index (χ3v) is 3.94. The van der Waals surface area contributed by atoms with Gasteiger partial charge in [-0.3, -0.25) is 4.79 Å². The van der Waals surface area contributed by atoms with Gasteiger partial charge in [-0.05, 0) is 31.1 Å². The normalized spacial score (nSPS) is 19.4. The molecule has 0 unspecified atom stereocenters. The fourth-order valence-electron chi connectivity index (χ4n) is 2.64. The van der Waals surface area contributed by atoms with Crippen molar-refractivity contribution < 1.29 is 9.53 Å². The average Bonchev–Trinajstić information content (AvgIpc) is 2.30. The van der Waals surface area contributed by atoms with Gasteiger partial charge in [-0.25, -0.2) is 0 Å². The smallest absolute Gasteiger partial charge is 0.306 e. The number of esters is 1. The molecular formula is C14H26O2. The monoisotopic (exact) mass is 226 g/mol. The molecule has 0 amide bonds. The van der Waals surface area contributed by atoms with Crippen LogP contribution in [0.1, 0.15) is 71.6 Å². The summed E-state index contributed by atoms with van der Waals surface area (Å²) in [4.78, 5) is 11.7. The number of ether oxygens (including phenoxy) is 1. The topological polar surface area (TPSA) is 26.3 Å². The average molecular weight is 226 g/mol. The summed E-state index contributed by atoms with van der Waals surface area (Å²) in [6, 6.07) is 0. The predicted octanol–water partition coefficient (Wildman–Crippen LogP) is 4.08. The Morgan fingerprint density at radius 2 is 1.88 bits per heavy atom. The first-order valence-electron chi connectivity index (χ1n) is 6.88. The van der Waals surface area contributed by atoms with E-state index in [1.807, 2.05) is 0 Å². The molecule has 0 aromatic heterocycles. The van der Waals surface area contributed by atoms with Crippen molar-refractivity contribution in [3.05, 3.63) is 0 Å². The molecular weight excluding hydrogens is 200 g/mol. The van der Waals surface area contributed by atoms with Gasteiger partial charge in [0.15, 0.2) is 0 Å². The van der Waals surface area contributed by atoms with Crippen molar-refractivity contribution in [2.24, 2.45) is 5.41 Å². The molecule has 0 atom stereocenters. The molecule has 2 nitrogen and oxygen atoms in total. The molecule has 0 bridgehead atoms. The SMILES string of the molecule is CCCCOC(=O)CC1(CC)CCCCC1. The highest BCUT2D eigenvalue weighted by molar-refractivity contribution is 5.70. The van der Waals surface area contributed by atoms with Crippen molar-refractivity contribution in [1.82, 2.24) is 0 Å². The summed E-state index contributed by atoms with van der Waals surface area (Å²) in [6.07, 6.45) is 10.2. The molecule has 0 aromatic carbocycles. The number of rotatable bonds is 6. The van der Waals surface area contributed by atoms with Crippen molar-refractivity contribution in [3.8, 4) is 0 Å². The van der Waals surface area contributed by atoms with Gasteiger partial charge in [-0.2, -0.15) is 0 Å². The van der Waals surface area contributed by atoms with E-state index >= 15 is 0 Å². The third kappa shape index (κ3) is 4.15. The van der Waals surface area contributed by atoms with Crippen LogP contribution in [0.4, 0.5) is 0 Å². The second kappa shape index (κ2) is 6.93. The minimum Gasteiger partial charge on any atom is -0.466 e. The summed E-state index contributed by atoms with van der Waals surface area (Å²) in [7, 11) is 0. The van der Waals surface area contributed by atoms with Gasteiger partial charge in [-0.15, -0.1) is 0 Å². The van der Waals surface area contributed by atoms with Crippen LogP contribution in [-0.2, 0) is 9.53 Å². The molecule has 0 aromatic rings. The van der Waals surface area contributed by atoms with E-state index in [0.717, 1.165) is 19.3 Å². The maximum absolute atomic E-state index is 11.7. The van der Waals surface area contributed by atoms with Gasteiger partial charge in [0.25, 0.3) is 0 Å². The van der Waals surface area contributed by atoms with Crippen LogP contribution in [0.15, 0.2) is 0 Å². The molecule has 94 valence electrons. The van der Waals surface area contributed by atoms with Crippen LogP contribution in [0, 0.1) is 5.41 Å². The fraction of sp³-hybridized carbons (Fsp3) is 0.929. The maximum Gasteiger partial charge on any atom is 0.306 e. The van der Waals surface area contributed by atoms with Crippen LogP contribution in [0.25, 0.3) is 0 Å². The lowest BCUT2D eigenvalue weighted by molar-refractivity contribution is -0.147. The van der Waals surface area contributed by atoms with Crippen molar-refractivity contribution in [1.29, 1.82) is 0 Å². The van der Waals surface area contributed by atoms with Crippen molar-refractivity contribution in [2.75, 3.05) is 6.61 Å². The lowest BCUT2D eigenvalue weighted by Gasteiger charge is -2.35. The van der Waals surface area contributed by atoms with E-state index in [2.05, 4.69) is 13.8 Å². The van der Waals surface area contributed by atoms with E-state index in [9.17, 15) is 4.79 Å². The molecule has 0 heterocycles. The Balaban J connectivity index is 2.33. The van der Waals surface area contributed by atoms with Crippen molar-refractivity contribution >= 4 is 5.97 Å². The highest BCUT2D eigenvalue weighted by Gasteiger charge is 2.32. The van der Waals surface area contributed by atoms with Gasteiger partial charge in [-0.1, -0.05) is 39.5 Å². The molecule has 2 heteroatoms. The van der Waals surface area contributed by atoms with Gasteiger partial charge in [0, 0.05) is 0 Å². The molecule has 0 spiro atoms. The van der Waals surface area contributed by atoms with Gasteiger partial charge >= 0.3 is 5.97 Å². The second-order valence-electron chi connectivity index (χ2n) is 5.17. The number of hydrogen-bond donors (Lipinski definition) is 0. The molecule has 1 aliphatic rings. The molecule has 1 saturated carbocycles. The number of unbranched alkanes of at least 4 members (excludes halogenated alkanes) is 1. The Kier molecular flexibility index (Phi) is 5.86. The Hall–Kier alpha value is -0.530. The van der Waals surface area contributed by atoms with Gasteiger partial charge in [0.2, 0.25) is 0 Å². The van der Waals surface area contributed by atoms with Gasteiger partial charge < -0.3 is 4.74 Å². The summed E-state index contributed by atoms with van der Waals surface area (Å²) in [5, 5.41) is 0.